The van der Waals surface area contributed by atoms with Crippen LogP contribution in [0.25, 0.3) is 10.8 Å². The minimum Gasteiger partial charge on any atom is -0.332 e. The number of carbonyl (C=O) groups is 1. The molecule has 1 N–H and O–H groups in total. The van der Waals surface area contributed by atoms with Gasteiger partial charge in [-0.05, 0) is 32.3 Å². The van der Waals surface area contributed by atoms with Crippen molar-refractivity contribution in [2.75, 3.05) is 0 Å². The fourth-order valence-electron chi connectivity index (χ4n) is 3.24. The molecule has 1 aliphatic rings. The van der Waals surface area contributed by atoms with Gasteiger partial charge in [-0.15, -0.1) is 0 Å². The zero-order valence-corrected chi connectivity index (χ0v) is 12.3. The highest BCUT2D eigenvalue weighted by Crippen LogP contribution is 2.28. The third-order valence-corrected chi connectivity index (χ3v) is 4.39. The second-order valence-electron chi connectivity index (χ2n) is 5.65. The molecule has 3 rings (SSSR count). The van der Waals surface area contributed by atoms with E-state index in [0.717, 1.165) is 19.3 Å². The predicted octanol–water partition coefficient (Wildman–Crippen LogP) is 2.33. The smallest absolute Gasteiger partial charge is 0.275 e. The van der Waals surface area contributed by atoms with Crippen molar-refractivity contribution in [2.24, 2.45) is 0 Å². The van der Waals surface area contributed by atoms with Gasteiger partial charge in [-0.25, -0.2) is 5.10 Å². The van der Waals surface area contributed by atoms with Gasteiger partial charge in [-0.1, -0.05) is 25.1 Å². The van der Waals surface area contributed by atoms with Crippen LogP contribution in [0, 0.1) is 0 Å². The van der Waals surface area contributed by atoms with E-state index >= 15 is 0 Å². The van der Waals surface area contributed by atoms with Crippen LogP contribution in [-0.4, -0.2) is 33.1 Å². The van der Waals surface area contributed by atoms with Crippen molar-refractivity contribution in [1.29, 1.82) is 0 Å². The van der Waals surface area contributed by atoms with Crippen LogP contribution in [0.5, 0.6) is 0 Å². The van der Waals surface area contributed by atoms with Gasteiger partial charge < -0.3 is 4.90 Å². The van der Waals surface area contributed by atoms with E-state index in [4.69, 9.17) is 0 Å². The van der Waals surface area contributed by atoms with Crippen LogP contribution in [0.15, 0.2) is 29.1 Å². The molecular weight excluding hydrogens is 266 g/mol. The minimum atomic E-state index is -0.260. The first kappa shape index (κ1) is 13.8. The van der Waals surface area contributed by atoms with Gasteiger partial charge in [-0.3, -0.25) is 9.59 Å². The number of nitrogens with one attached hydrogen (secondary N) is 1. The Hall–Kier alpha value is -2.17. The van der Waals surface area contributed by atoms with Crippen molar-refractivity contribution in [3.05, 3.63) is 40.3 Å². The summed E-state index contributed by atoms with van der Waals surface area (Å²) in [6, 6.07) is 7.60. The molecule has 5 nitrogen and oxygen atoms in total. The van der Waals surface area contributed by atoms with E-state index in [2.05, 4.69) is 24.0 Å². The Bertz CT molecular complexity index is 738. The second-order valence-corrected chi connectivity index (χ2v) is 5.65. The first-order valence-electron chi connectivity index (χ1n) is 7.43. The van der Waals surface area contributed by atoms with E-state index in [-0.39, 0.29) is 23.6 Å². The number of aromatic amines is 1. The van der Waals surface area contributed by atoms with E-state index in [1.807, 2.05) is 11.0 Å². The molecule has 0 spiro atoms. The SMILES string of the molecule is CCC1CCC(C)N1C(=O)c1n[nH]c(=O)c2ccccc12. The number of likely N-dealkylation sites (tertiary alicyclic amines) is 1. The Morgan fingerprint density at radius 1 is 1.33 bits per heavy atom. The summed E-state index contributed by atoms with van der Waals surface area (Å²) in [7, 11) is 0. The van der Waals surface area contributed by atoms with Gasteiger partial charge >= 0.3 is 0 Å². The largest absolute Gasteiger partial charge is 0.332 e. The number of amides is 1. The Morgan fingerprint density at radius 3 is 2.76 bits per heavy atom. The number of fused-ring (bicyclic) bond motifs is 1. The fourth-order valence-corrected chi connectivity index (χ4v) is 3.24. The molecule has 1 saturated heterocycles. The van der Waals surface area contributed by atoms with Gasteiger partial charge in [0.1, 0.15) is 0 Å². The molecule has 2 atom stereocenters. The van der Waals surface area contributed by atoms with E-state index in [1.165, 1.54) is 0 Å². The quantitative estimate of drug-likeness (QED) is 0.921. The Kier molecular flexibility index (Phi) is 3.49. The van der Waals surface area contributed by atoms with Crippen LogP contribution < -0.4 is 5.56 Å². The molecule has 1 amide bonds. The van der Waals surface area contributed by atoms with Crippen LogP contribution in [0.1, 0.15) is 43.6 Å². The predicted molar refractivity (Wildman–Crippen MR) is 81.3 cm³/mol. The van der Waals surface area contributed by atoms with Crippen molar-refractivity contribution in [2.45, 2.75) is 45.2 Å². The molecule has 1 fully saturated rings. The molecule has 5 heteroatoms. The third kappa shape index (κ3) is 2.22. The molecule has 2 unspecified atom stereocenters. The molecule has 2 heterocycles. The number of nitrogens with zero attached hydrogens (tertiary/aromatic N) is 2. The number of carbonyl (C=O) groups excluding carboxylic acids is 1. The molecule has 21 heavy (non-hydrogen) atoms. The summed E-state index contributed by atoms with van der Waals surface area (Å²) in [6.45, 7) is 4.17. The summed E-state index contributed by atoms with van der Waals surface area (Å²) in [5.74, 6) is -0.0840. The molecular formula is C16H19N3O2. The summed E-state index contributed by atoms with van der Waals surface area (Å²) in [6.07, 6.45) is 2.99. The lowest BCUT2D eigenvalue weighted by Crippen LogP contribution is -2.40. The van der Waals surface area contributed by atoms with Crippen LogP contribution in [0.3, 0.4) is 0 Å². The maximum absolute atomic E-state index is 12.9. The van der Waals surface area contributed by atoms with Crippen molar-refractivity contribution >= 4 is 16.7 Å². The van der Waals surface area contributed by atoms with Gasteiger partial charge in [-0.2, -0.15) is 5.10 Å². The molecule has 110 valence electrons. The monoisotopic (exact) mass is 285 g/mol. The third-order valence-electron chi connectivity index (χ3n) is 4.39. The molecule has 0 aliphatic carbocycles. The highest BCUT2D eigenvalue weighted by Gasteiger charge is 2.35. The van der Waals surface area contributed by atoms with Gasteiger partial charge in [0.15, 0.2) is 5.69 Å². The Balaban J connectivity index is 2.10. The number of hydrogen-bond donors (Lipinski definition) is 1. The molecule has 0 radical (unpaired) electrons. The van der Waals surface area contributed by atoms with Gasteiger partial charge in [0.05, 0.1) is 5.39 Å². The lowest BCUT2D eigenvalue weighted by Gasteiger charge is -2.27. The van der Waals surface area contributed by atoms with E-state index in [1.54, 1.807) is 18.2 Å². The maximum Gasteiger partial charge on any atom is 0.275 e. The molecule has 1 aromatic carbocycles. The second kappa shape index (κ2) is 5.31. The number of benzene rings is 1. The molecule has 1 aliphatic heterocycles. The fraction of sp³-hybridized carbons (Fsp3) is 0.438. The van der Waals surface area contributed by atoms with Crippen molar-refractivity contribution in [1.82, 2.24) is 15.1 Å². The minimum absolute atomic E-state index is 0.0840. The summed E-state index contributed by atoms with van der Waals surface area (Å²) >= 11 is 0. The molecule has 0 saturated carbocycles. The Morgan fingerprint density at radius 2 is 2.05 bits per heavy atom. The first-order chi connectivity index (χ1) is 10.1. The van der Waals surface area contributed by atoms with E-state index < -0.39 is 0 Å². The summed E-state index contributed by atoms with van der Waals surface area (Å²) < 4.78 is 0. The summed E-state index contributed by atoms with van der Waals surface area (Å²) in [5, 5.41) is 7.60. The van der Waals surface area contributed by atoms with Crippen LogP contribution in [0.2, 0.25) is 0 Å². The zero-order chi connectivity index (χ0) is 15.0. The Labute approximate surface area is 123 Å². The molecule has 0 bridgehead atoms. The van der Waals surface area contributed by atoms with Crippen LogP contribution in [0.4, 0.5) is 0 Å². The lowest BCUT2D eigenvalue weighted by atomic mass is 10.1. The highest BCUT2D eigenvalue weighted by molar-refractivity contribution is 6.05. The van der Waals surface area contributed by atoms with Crippen molar-refractivity contribution in [3.8, 4) is 0 Å². The van der Waals surface area contributed by atoms with Crippen molar-refractivity contribution < 1.29 is 4.79 Å². The van der Waals surface area contributed by atoms with Gasteiger partial charge in [0.25, 0.3) is 11.5 Å². The van der Waals surface area contributed by atoms with E-state index in [9.17, 15) is 9.59 Å². The van der Waals surface area contributed by atoms with E-state index in [0.29, 0.717) is 16.5 Å². The van der Waals surface area contributed by atoms with Crippen molar-refractivity contribution in [3.63, 3.8) is 0 Å². The normalized spacial score (nSPS) is 21.9. The molecule has 2 aromatic rings. The molecule has 1 aromatic heterocycles. The van der Waals surface area contributed by atoms with Gasteiger partial charge in [0, 0.05) is 17.5 Å². The lowest BCUT2D eigenvalue weighted by molar-refractivity contribution is 0.0671. The average Bonchev–Trinajstić information content (AvgIpc) is 2.88. The standard InChI is InChI=1S/C16H19N3O2/c1-3-11-9-8-10(2)19(11)16(21)14-12-6-4-5-7-13(12)15(20)18-17-14/h4-7,10-11H,3,8-9H2,1-2H3,(H,18,20). The number of hydrogen-bond acceptors (Lipinski definition) is 3. The first-order valence-corrected chi connectivity index (χ1v) is 7.43. The summed E-state index contributed by atoms with van der Waals surface area (Å²) in [5.41, 5.74) is 0.0843. The highest BCUT2D eigenvalue weighted by atomic mass is 16.2. The van der Waals surface area contributed by atoms with Crippen LogP contribution >= 0.6 is 0 Å². The zero-order valence-electron chi connectivity index (χ0n) is 12.3. The number of rotatable bonds is 2. The average molecular weight is 285 g/mol. The number of H-pyrrole nitrogens is 1. The maximum atomic E-state index is 12.9. The van der Waals surface area contributed by atoms with Gasteiger partial charge in [0.2, 0.25) is 0 Å². The van der Waals surface area contributed by atoms with Crippen LogP contribution in [-0.2, 0) is 0 Å². The number of aromatic nitrogens is 2. The summed E-state index contributed by atoms with van der Waals surface area (Å²) in [4.78, 5) is 26.6. The topological polar surface area (TPSA) is 66.1 Å².